The normalized spacial score (nSPS) is 22.6. The summed E-state index contributed by atoms with van der Waals surface area (Å²) in [6.45, 7) is 13.1. The molecule has 1 aliphatic rings. The number of hydrogen-bond acceptors (Lipinski definition) is 2. The highest BCUT2D eigenvalue weighted by Crippen LogP contribution is 2.28. The zero-order valence-corrected chi connectivity index (χ0v) is 15.2. The third-order valence-electron chi connectivity index (χ3n) is 5.57. The molecule has 1 rings (SSSR count). The maximum absolute atomic E-state index is 3.82. The van der Waals surface area contributed by atoms with Gasteiger partial charge in [-0.3, -0.25) is 4.90 Å². The third kappa shape index (κ3) is 5.90. The summed E-state index contributed by atoms with van der Waals surface area (Å²) < 4.78 is 0. The SMILES string of the molecule is CCCCCCCCN1CC(CCC)NCC1(CC)CC. The minimum atomic E-state index is 0.424. The van der Waals surface area contributed by atoms with Crippen LogP contribution >= 0.6 is 0 Å². The molecule has 0 radical (unpaired) electrons. The van der Waals surface area contributed by atoms with E-state index in [0.717, 1.165) is 6.04 Å². The van der Waals surface area contributed by atoms with Crippen LogP contribution in [0.25, 0.3) is 0 Å². The van der Waals surface area contributed by atoms with Gasteiger partial charge in [-0.25, -0.2) is 0 Å². The monoisotopic (exact) mass is 296 g/mol. The van der Waals surface area contributed by atoms with Crippen LogP contribution in [-0.2, 0) is 0 Å². The molecule has 1 atom stereocenters. The Bertz CT molecular complexity index is 248. The standard InChI is InChI=1S/C19H40N2/c1-5-9-10-11-12-13-15-21-16-18(14-6-2)20-17-19(21,7-3)8-4/h18,20H,5-17H2,1-4H3. The van der Waals surface area contributed by atoms with Gasteiger partial charge < -0.3 is 5.32 Å². The molecule has 1 aliphatic heterocycles. The summed E-state index contributed by atoms with van der Waals surface area (Å²) in [5, 5.41) is 3.82. The summed E-state index contributed by atoms with van der Waals surface area (Å²) >= 11 is 0. The molecule has 1 unspecified atom stereocenters. The molecule has 0 amide bonds. The van der Waals surface area contributed by atoms with Crippen molar-refractivity contribution in [3.8, 4) is 0 Å². The molecule has 0 saturated carbocycles. The van der Waals surface area contributed by atoms with Crippen molar-refractivity contribution >= 4 is 0 Å². The maximum atomic E-state index is 3.82. The fourth-order valence-corrected chi connectivity index (χ4v) is 3.87. The molecule has 1 saturated heterocycles. The number of rotatable bonds is 11. The van der Waals surface area contributed by atoms with Gasteiger partial charge in [0, 0.05) is 24.7 Å². The number of nitrogens with one attached hydrogen (secondary N) is 1. The quantitative estimate of drug-likeness (QED) is 0.541. The Hall–Kier alpha value is -0.0800. The van der Waals surface area contributed by atoms with Crippen LogP contribution in [-0.4, -0.2) is 36.1 Å². The van der Waals surface area contributed by atoms with Gasteiger partial charge in [0.15, 0.2) is 0 Å². The molecule has 1 fully saturated rings. The van der Waals surface area contributed by atoms with E-state index in [2.05, 4.69) is 37.9 Å². The van der Waals surface area contributed by atoms with Crippen LogP contribution in [0.5, 0.6) is 0 Å². The van der Waals surface area contributed by atoms with E-state index < -0.39 is 0 Å². The summed E-state index contributed by atoms with van der Waals surface area (Å²) in [6, 6.07) is 0.723. The van der Waals surface area contributed by atoms with Crippen molar-refractivity contribution in [2.24, 2.45) is 0 Å². The summed E-state index contributed by atoms with van der Waals surface area (Å²) in [7, 11) is 0. The van der Waals surface area contributed by atoms with Crippen LogP contribution in [0.1, 0.15) is 91.9 Å². The molecule has 0 spiro atoms. The van der Waals surface area contributed by atoms with Gasteiger partial charge in [0.05, 0.1) is 0 Å². The predicted molar refractivity (Wildman–Crippen MR) is 95.0 cm³/mol. The number of unbranched alkanes of at least 4 members (excludes halogenated alkanes) is 5. The molecular formula is C19H40N2. The van der Waals surface area contributed by atoms with Crippen LogP contribution in [0.15, 0.2) is 0 Å². The van der Waals surface area contributed by atoms with E-state index in [9.17, 15) is 0 Å². The fraction of sp³-hybridized carbons (Fsp3) is 1.00. The minimum Gasteiger partial charge on any atom is -0.311 e. The second-order valence-electron chi connectivity index (χ2n) is 7.01. The average molecular weight is 297 g/mol. The van der Waals surface area contributed by atoms with Gasteiger partial charge in [-0.15, -0.1) is 0 Å². The molecule has 0 aromatic rings. The van der Waals surface area contributed by atoms with Crippen molar-refractivity contribution < 1.29 is 0 Å². The van der Waals surface area contributed by atoms with Crippen molar-refractivity contribution in [1.29, 1.82) is 0 Å². The van der Waals surface area contributed by atoms with E-state index in [1.165, 1.54) is 83.8 Å². The lowest BCUT2D eigenvalue weighted by atomic mass is 9.86. The van der Waals surface area contributed by atoms with Crippen molar-refractivity contribution in [2.45, 2.75) is 103 Å². The molecule has 21 heavy (non-hydrogen) atoms. The second kappa shape index (κ2) is 10.6. The molecule has 1 N–H and O–H groups in total. The van der Waals surface area contributed by atoms with Crippen molar-refractivity contribution in [3.05, 3.63) is 0 Å². The number of nitrogens with zero attached hydrogens (tertiary/aromatic N) is 1. The van der Waals surface area contributed by atoms with E-state index >= 15 is 0 Å². The van der Waals surface area contributed by atoms with Crippen LogP contribution in [0.4, 0.5) is 0 Å². The Kier molecular flexibility index (Phi) is 9.59. The highest BCUT2D eigenvalue weighted by atomic mass is 15.3. The highest BCUT2D eigenvalue weighted by Gasteiger charge is 2.37. The zero-order chi connectivity index (χ0) is 15.6. The van der Waals surface area contributed by atoms with E-state index in [1.807, 2.05) is 0 Å². The Morgan fingerprint density at radius 3 is 2.19 bits per heavy atom. The van der Waals surface area contributed by atoms with Crippen LogP contribution in [0, 0.1) is 0 Å². The van der Waals surface area contributed by atoms with E-state index in [4.69, 9.17) is 0 Å². The molecule has 0 aromatic heterocycles. The van der Waals surface area contributed by atoms with Gasteiger partial charge in [0.25, 0.3) is 0 Å². The molecule has 2 nitrogen and oxygen atoms in total. The molecule has 0 aliphatic carbocycles. The number of piperazine rings is 1. The van der Waals surface area contributed by atoms with Crippen molar-refractivity contribution in [1.82, 2.24) is 10.2 Å². The van der Waals surface area contributed by atoms with Crippen molar-refractivity contribution in [3.63, 3.8) is 0 Å². The summed E-state index contributed by atoms with van der Waals surface area (Å²) in [5.41, 5.74) is 0.424. The Morgan fingerprint density at radius 1 is 0.905 bits per heavy atom. The van der Waals surface area contributed by atoms with Crippen LogP contribution in [0.3, 0.4) is 0 Å². The van der Waals surface area contributed by atoms with Gasteiger partial charge in [0.1, 0.15) is 0 Å². The highest BCUT2D eigenvalue weighted by molar-refractivity contribution is 4.97. The maximum Gasteiger partial charge on any atom is 0.0329 e. The molecule has 1 heterocycles. The zero-order valence-electron chi connectivity index (χ0n) is 15.2. The summed E-state index contributed by atoms with van der Waals surface area (Å²) in [6.07, 6.45) is 13.6. The molecular weight excluding hydrogens is 256 g/mol. The Morgan fingerprint density at radius 2 is 1.57 bits per heavy atom. The fourth-order valence-electron chi connectivity index (χ4n) is 3.87. The lowest BCUT2D eigenvalue weighted by molar-refractivity contribution is 0.0284. The van der Waals surface area contributed by atoms with Crippen molar-refractivity contribution in [2.75, 3.05) is 19.6 Å². The van der Waals surface area contributed by atoms with Crippen LogP contribution in [0.2, 0.25) is 0 Å². The Labute approximate surface area is 134 Å². The Balaban J connectivity index is 2.42. The van der Waals surface area contributed by atoms with E-state index in [1.54, 1.807) is 0 Å². The first-order chi connectivity index (χ1) is 10.2. The molecule has 0 aromatic carbocycles. The lowest BCUT2D eigenvalue weighted by Gasteiger charge is -2.50. The van der Waals surface area contributed by atoms with Crippen LogP contribution < -0.4 is 5.32 Å². The van der Waals surface area contributed by atoms with Gasteiger partial charge >= 0.3 is 0 Å². The smallest absolute Gasteiger partial charge is 0.0329 e. The first-order valence-corrected chi connectivity index (χ1v) is 9.70. The molecule has 2 heteroatoms. The number of hydrogen-bond donors (Lipinski definition) is 1. The first-order valence-electron chi connectivity index (χ1n) is 9.70. The summed E-state index contributed by atoms with van der Waals surface area (Å²) in [5.74, 6) is 0. The molecule has 126 valence electrons. The van der Waals surface area contributed by atoms with E-state index in [-0.39, 0.29) is 0 Å². The minimum absolute atomic E-state index is 0.424. The largest absolute Gasteiger partial charge is 0.311 e. The lowest BCUT2D eigenvalue weighted by Crippen LogP contribution is -2.64. The predicted octanol–water partition coefficient (Wildman–Crippen LogP) is 4.98. The third-order valence-corrected chi connectivity index (χ3v) is 5.57. The summed E-state index contributed by atoms with van der Waals surface area (Å²) in [4.78, 5) is 2.84. The topological polar surface area (TPSA) is 15.3 Å². The second-order valence-corrected chi connectivity index (χ2v) is 7.01. The van der Waals surface area contributed by atoms with Gasteiger partial charge in [0.2, 0.25) is 0 Å². The van der Waals surface area contributed by atoms with Gasteiger partial charge in [-0.05, 0) is 32.2 Å². The van der Waals surface area contributed by atoms with Gasteiger partial charge in [-0.1, -0.05) is 66.2 Å². The average Bonchev–Trinajstić information content (AvgIpc) is 2.52. The first kappa shape index (κ1) is 19.0. The van der Waals surface area contributed by atoms with E-state index in [0.29, 0.717) is 5.54 Å². The molecule has 0 bridgehead atoms. The van der Waals surface area contributed by atoms with Gasteiger partial charge in [-0.2, -0.15) is 0 Å².